The van der Waals surface area contributed by atoms with Crippen LogP contribution in [0.2, 0.25) is 0 Å². The quantitative estimate of drug-likeness (QED) is 0.559. The molecular weight excluding hydrogens is 234 g/mol. The van der Waals surface area contributed by atoms with E-state index in [1.807, 2.05) is 37.3 Å². The summed E-state index contributed by atoms with van der Waals surface area (Å²) in [5.74, 6) is -0.0323. The van der Waals surface area contributed by atoms with E-state index in [-0.39, 0.29) is 11.7 Å². The molecular formula is C17H19NO. The molecule has 98 valence electrons. The summed E-state index contributed by atoms with van der Waals surface area (Å²) in [4.78, 5) is 11.5. The highest BCUT2D eigenvalue weighted by atomic mass is 16.1. The molecule has 0 fully saturated rings. The number of carbonyl (C=O) groups excluding carboxylic acids is 1. The Kier molecular flexibility index (Phi) is 5.75. The molecule has 1 rings (SSSR count). The molecule has 2 nitrogen and oxygen atoms in total. The van der Waals surface area contributed by atoms with E-state index in [1.54, 1.807) is 13.0 Å². The Morgan fingerprint density at radius 1 is 1.53 bits per heavy atom. The largest absolute Gasteiger partial charge is 0.294 e. The van der Waals surface area contributed by atoms with Crippen LogP contribution in [0.3, 0.4) is 0 Å². The molecule has 0 spiro atoms. The molecule has 2 heteroatoms. The average Bonchev–Trinajstić information content (AvgIpc) is 2.38. The fourth-order valence-electron chi connectivity index (χ4n) is 1.86. The number of aryl methyl sites for hydroxylation is 1. The van der Waals surface area contributed by atoms with Crippen LogP contribution in [0.25, 0.3) is 6.08 Å². The van der Waals surface area contributed by atoms with E-state index in [0.717, 1.165) is 29.5 Å². The van der Waals surface area contributed by atoms with Crippen molar-refractivity contribution in [2.75, 3.05) is 0 Å². The van der Waals surface area contributed by atoms with Crippen LogP contribution in [0.15, 0.2) is 36.9 Å². The summed E-state index contributed by atoms with van der Waals surface area (Å²) < 4.78 is 0. The van der Waals surface area contributed by atoms with Crippen LogP contribution in [0.4, 0.5) is 0 Å². The van der Waals surface area contributed by atoms with E-state index < -0.39 is 0 Å². The average molecular weight is 253 g/mol. The predicted molar refractivity (Wildman–Crippen MR) is 78.8 cm³/mol. The predicted octanol–water partition coefficient (Wildman–Crippen LogP) is 4.32. The lowest BCUT2D eigenvalue weighted by Crippen LogP contribution is -1.96. The minimum Gasteiger partial charge on any atom is -0.294 e. The summed E-state index contributed by atoms with van der Waals surface area (Å²) in [5, 5.41) is 8.81. The lowest BCUT2D eigenvalue weighted by atomic mass is 10.00. The molecule has 1 atom stereocenters. The van der Waals surface area contributed by atoms with E-state index in [0.29, 0.717) is 0 Å². The molecule has 0 N–H and O–H groups in total. The van der Waals surface area contributed by atoms with E-state index in [1.165, 1.54) is 0 Å². The molecule has 0 saturated heterocycles. The highest BCUT2D eigenvalue weighted by Crippen LogP contribution is 2.15. The summed E-state index contributed by atoms with van der Waals surface area (Å²) >= 11 is 0. The van der Waals surface area contributed by atoms with Crippen LogP contribution in [-0.2, 0) is 0 Å². The molecule has 0 heterocycles. The third-order valence-corrected chi connectivity index (χ3v) is 2.98. The van der Waals surface area contributed by atoms with Gasteiger partial charge in [-0.3, -0.25) is 4.79 Å². The molecule has 0 amide bonds. The summed E-state index contributed by atoms with van der Waals surface area (Å²) in [6.07, 6.45) is 7.20. The smallest absolute Gasteiger partial charge is 0.160 e. The van der Waals surface area contributed by atoms with Gasteiger partial charge in [0, 0.05) is 5.56 Å². The van der Waals surface area contributed by atoms with Crippen molar-refractivity contribution in [3.05, 3.63) is 53.6 Å². The number of benzene rings is 1. The van der Waals surface area contributed by atoms with Gasteiger partial charge in [0.2, 0.25) is 0 Å². The van der Waals surface area contributed by atoms with Gasteiger partial charge >= 0.3 is 0 Å². The second-order valence-corrected chi connectivity index (χ2v) is 4.60. The zero-order chi connectivity index (χ0) is 14.3. The zero-order valence-electron chi connectivity index (χ0n) is 11.5. The summed E-state index contributed by atoms with van der Waals surface area (Å²) in [5.41, 5.74) is 2.81. The minimum atomic E-state index is -0.102. The summed E-state index contributed by atoms with van der Waals surface area (Å²) in [6, 6.07) is 7.99. The van der Waals surface area contributed by atoms with Crippen LogP contribution in [0, 0.1) is 24.2 Å². The third kappa shape index (κ3) is 4.56. The number of nitriles is 1. The standard InChI is InChI=1S/C17H19NO/c1-4-15(12-18)7-5-6-8-16-11-13(2)9-10-17(16)14(3)19/h4,6,8-11,15H,1,5,7H2,2-3H3/b8-6+. The van der Waals surface area contributed by atoms with Gasteiger partial charge in [-0.15, -0.1) is 6.58 Å². The van der Waals surface area contributed by atoms with Crippen LogP contribution in [0.1, 0.15) is 41.3 Å². The maximum atomic E-state index is 11.5. The highest BCUT2D eigenvalue weighted by molar-refractivity contribution is 5.97. The molecule has 1 aromatic rings. The van der Waals surface area contributed by atoms with Gasteiger partial charge in [0.1, 0.15) is 0 Å². The van der Waals surface area contributed by atoms with Gasteiger partial charge < -0.3 is 0 Å². The number of ketones is 1. The van der Waals surface area contributed by atoms with Gasteiger partial charge in [-0.2, -0.15) is 5.26 Å². The molecule has 0 saturated carbocycles. The Morgan fingerprint density at radius 3 is 2.84 bits per heavy atom. The Morgan fingerprint density at radius 2 is 2.26 bits per heavy atom. The van der Waals surface area contributed by atoms with Crippen molar-refractivity contribution in [3.63, 3.8) is 0 Å². The molecule has 0 aromatic heterocycles. The van der Waals surface area contributed by atoms with Crippen molar-refractivity contribution in [2.45, 2.75) is 26.7 Å². The lowest BCUT2D eigenvalue weighted by molar-refractivity contribution is 0.101. The molecule has 19 heavy (non-hydrogen) atoms. The molecule has 0 radical (unpaired) electrons. The monoisotopic (exact) mass is 253 g/mol. The highest BCUT2D eigenvalue weighted by Gasteiger charge is 2.04. The Hall–Kier alpha value is -2.14. The first kappa shape index (κ1) is 14.9. The van der Waals surface area contributed by atoms with E-state index in [4.69, 9.17) is 5.26 Å². The van der Waals surface area contributed by atoms with Gasteiger partial charge in [0.05, 0.1) is 12.0 Å². The molecule has 0 aliphatic heterocycles. The van der Waals surface area contributed by atoms with Gasteiger partial charge in [-0.1, -0.05) is 42.0 Å². The normalized spacial score (nSPS) is 12.1. The molecule has 1 aromatic carbocycles. The number of hydrogen-bond donors (Lipinski definition) is 0. The Labute approximate surface area is 115 Å². The van der Waals surface area contributed by atoms with Crippen LogP contribution < -0.4 is 0 Å². The van der Waals surface area contributed by atoms with Gasteiger partial charge in [-0.25, -0.2) is 0 Å². The second kappa shape index (κ2) is 7.33. The summed E-state index contributed by atoms with van der Waals surface area (Å²) in [6.45, 7) is 7.21. The van der Waals surface area contributed by atoms with Crippen molar-refractivity contribution in [1.29, 1.82) is 5.26 Å². The number of carbonyl (C=O) groups is 1. The first-order valence-electron chi connectivity index (χ1n) is 6.38. The number of nitrogens with zero attached hydrogens (tertiary/aromatic N) is 1. The van der Waals surface area contributed by atoms with E-state index in [2.05, 4.69) is 12.6 Å². The lowest BCUT2D eigenvalue weighted by Gasteiger charge is -2.04. The zero-order valence-corrected chi connectivity index (χ0v) is 11.5. The van der Waals surface area contributed by atoms with Crippen molar-refractivity contribution in [3.8, 4) is 6.07 Å². The van der Waals surface area contributed by atoms with Crippen molar-refractivity contribution >= 4 is 11.9 Å². The van der Waals surface area contributed by atoms with E-state index >= 15 is 0 Å². The van der Waals surface area contributed by atoms with Crippen LogP contribution in [-0.4, -0.2) is 5.78 Å². The van der Waals surface area contributed by atoms with Crippen LogP contribution >= 0.6 is 0 Å². The number of rotatable bonds is 6. The van der Waals surface area contributed by atoms with Crippen LogP contribution in [0.5, 0.6) is 0 Å². The fraction of sp³-hybridized carbons (Fsp3) is 0.294. The fourth-order valence-corrected chi connectivity index (χ4v) is 1.86. The Balaban J connectivity index is 2.76. The van der Waals surface area contributed by atoms with Crippen molar-refractivity contribution in [1.82, 2.24) is 0 Å². The van der Waals surface area contributed by atoms with Gasteiger partial charge in [-0.05, 0) is 32.3 Å². The van der Waals surface area contributed by atoms with Gasteiger partial charge in [0.25, 0.3) is 0 Å². The first-order valence-corrected chi connectivity index (χ1v) is 6.38. The molecule has 0 aliphatic rings. The number of allylic oxidation sites excluding steroid dienone is 2. The third-order valence-electron chi connectivity index (χ3n) is 2.98. The first-order chi connectivity index (χ1) is 9.08. The van der Waals surface area contributed by atoms with E-state index in [9.17, 15) is 4.79 Å². The SMILES string of the molecule is C=CC(C#N)CC/C=C/c1cc(C)ccc1C(C)=O. The maximum Gasteiger partial charge on any atom is 0.160 e. The molecule has 1 unspecified atom stereocenters. The van der Waals surface area contributed by atoms with Crippen molar-refractivity contribution in [2.24, 2.45) is 5.92 Å². The summed E-state index contributed by atoms with van der Waals surface area (Å²) in [7, 11) is 0. The topological polar surface area (TPSA) is 40.9 Å². The Bertz CT molecular complexity index is 535. The molecule has 0 bridgehead atoms. The van der Waals surface area contributed by atoms with Crippen molar-refractivity contribution < 1.29 is 4.79 Å². The second-order valence-electron chi connectivity index (χ2n) is 4.60. The number of Topliss-reactive ketones (excluding diaryl/α,β-unsaturated/α-hetero) is 1. The maximum absolute atomic E-state index is 11.5. The van der Waals surface area contributed by atoms with Gasteiger partial charge in [0.15, 0.2) is 5.78 Å². The number of hydrogen-bond acceptors (Lipinski definition) is 2. The minimum absolute atomic E-state index is 0.0700. The molecule has 0 aliphatic carbocycles.